The minimum Gasteiger partial charge on any atom is -0.251 e. The highest BCUT2D eigenvalue weighted by Crippen LogP contribution is 2.34. The molecule has 0 fully saturated rings. The molecule has 0 saturated heterocycles. The van der Waals surface area contributed by atoms with Crippen molar-refractivity contribution in [3.63, 3.8) is 0 Å². The summed E-state index contributed by atoms with van der Waals surface area (Å²) in [6.07, 6.45) is -4.34. The Morgan fingerprint density at radius 2 is 1.63 bits per heavy atom. The summed E-state index contributed by atoms with van der Waals surface area (Å²) in [5.41, 5.74) is 3.29. The first-order valence-corrected chi connectivity index (χ1v) is 9.82. The zero-order chi connectivity index (χ0) is 19.0. The van der Waals surface area contributed by atoms with Gasteiger partial charge in [0.1, 0.15) is 5.01 Å². The number of halogens is 3. The van der Waals surface area contributed by atoms with Gasteiger partial charge >= 0.3 is 6.18 Å². The molecule has 0 bridgehead atoms. The monoisotopic (exact) mass is 402 g/mol. The van der Waals surface area contributed by atoms with Crippen molar-refractivity contribution >= 4 is 22.7 Å². The lowest BCUT2D eigenvalue weighted by molar-refractivity contribution is -0.137. The molecule has 7 heteroatoms. The third-order valence-electron chi connectivity index (χ3n) is 4.00. The van der Waals surface area contributed by atoms with E-state index in [2.05, 4.69) is 9.97 Å². The van der Waals surface area contributed by atoms with Gasteiger partial charge in [-0.05, 0) is 53.8 Å². The molecule has 4 aromatic rings. The minimum atomic E-state index is -4.34. The zero-order valence-electron chi connectivity index (χ0n) is 14.1. The lowest BCUT2D eigenvalue weighted by atomic mass is 10.0. The van der Waals surface area contributed by atoms with E-state index in [9.17, 15) is 13.2 Å². The van der Waals surface area contributed by atoms with Gasteiger partial charge in [-0.15, -0.1) is 22.7 Å². The van der Waals surface area contributed by atoms with Gasteiger partial charge in [0, 0.05) is 11.1 Å². The van der Waals surface area contributed by atoms with Crippen LogP contribution in [0, 0.1) is 6.92 Å². The zero-order valence-corrected chi connectivity index (χ0v) is 15.8. The molecule has 0 unspecified atom stereocenters. The Morgan fingerprint density at radius 1 is 0.852 bits per heavy atom. The Kier molecular flexibility index (Phi) is 4.57. The Balaban J connectivity index is 1.70. The molecule has 3 heterocycles. The van der Waals surface area contributed by atoms with Gasteiger partial charge in [0.25, 0.3) is 0 Å². The lowest BCUT2D eigenvalue weighted by Gasteiger charge is -2.09. The van der Waals surface area contributed by atoms with Crippen molar-refractivity contribution in [1.29, 1.82) is 0 Å². The summed E-state index contributed by atoms with van der Waals surface area (Å²) in [6.45, 7) is 1.87. The van der Waals surface area contributed by atoms with Crippen LogP contribution in [0.1, 0.15) is 11.3 Å². The third-order valence-corrected chi connectivity index (χ3v) is 5.75. The van der Waals surface area contributed by atoms with Gasteiger partial charge in [0.05, 0.1) is 21.8 Å². The molecule has 1 aromatic carbocycles. The molecule has 0 saturated carbocycles. The van der Waals surface area contributed by atoms with Crippen molar-refractivity contribution < 1.29 is 13.2 Å². The Morgan fingerprint density at radius 3 is 2.30 bits per heavy atom. The molecule has 136 valence electrons. The molecule has 0 atom stereocenters. The number of rotatable bonds is 3. The van der Waals surface area contributed by atoms with E-state index < -0.39 is 11.7 Å². The van der Waals surface area contributed by atoms with Crippen LogP contribution >= 0.6 is 22.7 Å². The second-order valence-corrected chi connectivity index (χ2v) is 7.78. The molecule has 0 radical (unpaired) electrons. The number of thiazole rings is 1. The molecule has 0 spiro atoms. The average Bonchev–Trinajstić information content (AvgIpc) is 3.32. The van der Waals surface area contributed by atoms with E-state index in [4.69, 9.17) is 0 Å². The molecular formula is C20H13F3N2S2. The smallest absolute Gasteiger partial charge is 0.251 e. The van der Waals surface area contributed by atoms with Crippen molar-refractivity contribution in [2.75, 3.05) is 0 Å². The quantitative estimate of drug-likeness (QED) is 0.371. The van der Waals surface area contributed by atoms with Crippen LogP contribution in [0.2, 0.25) is 0 Å². The SMILES string of the molecule is Cc1cc(-c2ccc(C(F)(F)F)cc2)cc(-c2nc(-c3cccs3)cs2)n1. The van der Waals surface area contributed by atoms with Crippen LogP contribution in [0.15, 0.2) is 59.3 Å². The van der Waals surface area contributed by atoms with E-state index in [-0.39, 0.29) is 0 Å². The molecule has 0 amide bonds. The molecular weight excluding hydrogens is 389 g/mol. The van der Waals surface area contributed by atoms with E-state index in [1.54, 1.807) is 11.3 Å². The lowest BCUT2D eigenvalue weighted by Crippen LogP contribution is -2.04. The molecule has 0 N–H and O–H groups in total. The first kappa shape index (κ1) is 17.9. The first-order valence-electron chi connectivity index (χ1n) is 8.06. The van der Waals surface area contributed by atoms with Crippen molar-refractivity contribution in [3.8, 4) is 32.4 Å². The van der Waals surface area contributed by atoms with Crippen LogP contribution in [0.3, 0.4) is 0 Å². The van der Waals surface area contributed by atoms with E-state index in [0.717, 1.165) is 44.7 Å². The van der Waals surface area contributed by atoms with Gasteiger partial charge < -0.3 is 0 Å². The molecule has 4 rings (SSSR count). The Labute approximate surface area is 162 Å². The van der Waals surface area contributed by atoms with Crippen LogP contribution < -0.4 is 0 Å². The normalized spacial score (nSPS) is 11.7. The van der Waals surface area contributed by atoms with Gasteiger partial charge in [-0.1, -0.05) is 18.2 Å². The maximum Gasteiger partial charge on any atom is 0.416 e. The van der Waals surface area contributed by atoms with Gasteiger partial charge in [-0.25, -0.2) is 4.98 Å². The van der Waals surface area contributed by atoms with Gasteiger partial charge in [0.2, 0.25) is 0 Å². The number of thiophene rings is 1. The standard InChI is InChI=1S/C20H13F3N2S2/c1-12-9-14(13-4-6-15(7-5-13)20(21,22)23)10-16(24-12)19-25-17(11-27-19)18-3-2-8-26-18/h2-11H,1H3. The summed E-state index contributed by atoms with van der Waals surface area (Å²) in [5, 5.41) is 4.78. The fraction of sp³-hybridized carbons (Fsp3) is 0.100. The van der Waals surface area contributed by atoms with Crippen LogP contribution in [0.5, 0.6) is 0 Å². The summed E-state index contributed by atoms with van der Waals surface area (Å²) < 4.78 is 38.3. The Hall–Kier alpha value is -2.51. The number of benzene rings is 1. The fourth-order valence-electron chi connectivity index (χ4n) is 2.73. The van der Waals surface area contributed by atoms with Crippen LogP contribution in [-0.2, 0) is 6.18 Å². The second kappa shape index (κ2) is 6.90. The van der Waals surface area contributed by atoms with Crippen molar-refractivity contribution in [2.24, 2.45) is 0 Å². The summed E-state index contributed by atoms with van der Waals surface area (Å²) >= 11 is 3.13. The summed E-state index contributed by atoms with van der Waals surface area (Å²) in [4.78, 5) is 10.3. The van der Waals surface area contributed by atoms with Gasteiger partial charge in [0.15, 0.2) is 0 Å². The molecule has 0 aliphatic rings. The fourth-order valence-corrected chi connectivity index (χ4v) is 4.27. The van der Waals surface area contributed by atoms with E-state index in [1.165, 1.54) is 23.5 Å². The number of hydrogen-bond acceptors (Lipinski definition) is 4. The average molecular weight is 402 g/mol. The van der Waals surface area contributed by atoms with Crippen LogP contribution in [0.25, 0.3) is 32.4 Å². The highest BCUT2D eigenvalue weighted by atomic mass is 32.1. The molecule has 0 aliphatic carbocycles. The number of nitrogens with zero attached hydrogens (tertiary/aromatic N) is 2. The molecule has 3 aromatic heterocycles. The van der Waals surface area contributed by atoms with Crippen molar-refractivity contribution in [2.45, 2.75) is 13.1 Å². The van der Waals surface area contributed by atoms with Gasteiger partial charge in [-0.2, -0.15) is 13.2 Å². The summed E-state index contributed by atoms with van der Waals surface area (Å²) in [7, 11) is 0. The summed E-state index contributed by atoms with van der Waals surface area (Å²) in [5.74, 6) is 0. The van der Waals surface area contributed by atoms with Crippen LogP contribution in [-0.4, -0.2) is 9.97 Å². The third kappa shape index (κ3) is 3.79. The number of hydrogen-bond donors (Lipinski definition) is 0. The van der Waals surface area contributed by atoms with Crippen molar-refractivity contribution in [3.05, 3.63) is 70.5 Å². The molecule has 0 aliphatic heterocycles. The topological polar surface area (TPSA) is 25.8 Å². The van der Waals surface area contributed by atoms with Crippen LogP contribution in [0.4, 0.5) is 13.2 Å². The second-order valence-electron chi connectivity index (χ2n) is 5.97. The predicted molar refractivity (Wildman–Crippen MR) is 104 cm³/mol. The molecule has 27 heavy (non-hydrogen) atoms. The number of aromatic nitrogens is 2. The predicted octanol–water partition coefficient (Wildman–Crippen LogP) is 6.93. The molecule has 2 nitrogen and oxygen atoms in total. The van der Waals surface area contributed by atoms with Crippen molar-refractivity contribution in [1.82, 2.24) is 9.97 Å². The maximum atomic E-state index is 12.8. The number of alkyl halides is 3. The Bertz CT molecular complexity index is 1070. The summed E-state index contributed by atoms with van der Waals surface area (Å²) in [6, 6.07) is 12.9. The highest BCUT2D eigenvalue weighted by molar-refractivity contribution is 7.15. The number of aryl methyl sites for hydroxylation is 1. The maximum absolute atomic E-state index is 12.8. The van der Waals surface area contributed by atoms with Gasteiger partial charge in [-0.3, -0.25) is 4.98 Å². The largest absolute Gasteiger partial charge is 0.416 e. The number of pyridine rings is 1. The first-order chi connectivity index (χ1) is 12.9. The van der Waals surface area contributed by atoms with E-state index >= 15 is 0 Å². The highest BCUT2D eigenvalue weighted by Gasteiger charge is 2.30. The van der Waals surface area contributed by atoms with E-state index in [0.29, 0.717) is 5.56 Å². The minimum absolute atomic E-state index is 0.655. The van der Waals surface area contributed by atoms with E-state index in [1.807, 2.05) is 41.9 Å².